The van der Waals surface area contributed by atoms with Crippen LogP contribution in [0.15, 0.2) is 28.9 Å². The van der Waals surface area contributed by atoms with Crippen LogP contribution in [-0.2, 0) is 0 Å². The second kappa shape index (κ2) is 4.54. The van der Waals surface area contributed by atoms with E-state index in [9.17, 15) is 9.18 Å². The van der Waals surface area contributed by atoms with Gasteiger partial charge in [0, 0.05) is 4.47 Å². The molecule has 0 spiro atoms. The second-order valence-electron chi connectivity index (χ2n) is 3.28. The van der Waals surface area contributed by atoms with Gasteiger partial charge in [-0.15, -0.1) is 0 Å². The maximum absolute atomic E-state index is 13.4. The number of H-pyrrole nitrogens is 1. The van der Waals surface area contributed by atoms with E-state index in [0.717, 1.165) is 0 Å². The van der Waals surface area contributed by atoms with Crippen molar-refractivity contribution in [2.75, 3.05) is 11.1 Å². The van der Waals surface area contributed by atoms with Gasteiger partial charge in [-0.3, -0.25) is 9.89 Å². The molecule has 7 heteroatoms. The van der Waals surface area contributed by atoms with Crippen LogP contribution in [0, 0.1) is 5.82 Å². The summed E-state index contributed by atoms with van der Waals surface area (Å²) in [5.41, 5.74) is 5.73. The van der Waals surface area contributed by atoms with Crippen molar-refractivity contribution in [3.05, 3.63) is 40.2 Å². The monoisotopic (exact) mass is 298 g/mol. The standard InChI is InChI=1S/C10H8BrFN4O/c11-5-1-2-7(12)8(3-5)15-10(17)6-4-14-16-9(6)13/h1-4H,(H,15,17)(H3,13,14,16). The van der Waals surface area contributed by atoms with Crippen LogP contribution in [0.3, 0.4) is 0 Å². The quantitative estimate of drug-likeness (QED) is 0.794. The number of nitrogens with one attached hydrogen (secondary N) is 2. The molecule has 0 saturated heterocycles. The number of carbonyl (C=O) groups excluding carboxylic acids is 1. The molecule has 1 aromatic carbocycles. The van der Waals surface area contributed by atoms with E-state index in [1.807, 2.05) is 0 Å². The van der Waals surface area contributed by atoms with Gasteiger partial charge >= 0.3 is 0 Å². The third-order valence-electron chi connectivity index (χ3n) is 2.09. The Labute approximate surface area is 104 Å². The van der Waals surface area contributed by atoms with Crippen LogP contribution >= 0.6 is 15.9 Å². The highest BCUT2D eigenvalue weighted by molar-refractivity contribution is 9.10. The maximum Gasteiger partial charge on any atom is 0.261 e. The van der Waals surface area contributed by atoms with E-state index < -0.39 is 11.7 Å². The van der Waals surface area contributed by atoms with Crippen LogP contribution in [0.1, 0.15) is 10.4 Å². The number of rotatable bonds is 2. The number of hydrogen-bond acceptors (Lipinski definition) is 3. The molecule has 88 valence electrons. The molecule has 1 aromatic heterocycles. The first-order valence-corrected chi connectivity index (χ1v) is 5.42. The highest BCUT2D eigenvalue weighted by Crippen LogP contribution is 2.21. The van der Waals surface area contributed by atoms with Gasteiger partial charge < -0.3 is 11.1 Å². The number of nitrogen functional groups attached to an aromatic ring is 1. The average Bonchev–Trinajstić information content (AvgIpc) is 2.70. The van der Waals surface area contributed by atoms with Crippen LogP contribution in [0.2, 0.25) is 0 Å². The molecular weight excluding hydrogens is 291 g/mol. The highest BCUT2D eigenvalue weighted by atomic mass is 79.9. The molecule has 0 bridgehead atoms. The number of benzene rings is 1. The molecular formula is C10H8BrFN4O. The molecule has 4 N–H and O–H groups in total. The van der Waals surface area contributed by atoms with Crippen LogP contribution < -0.4 is 11.1 Å². The number of amides is 1. The van der Waals surface area contributed by atoms with E-state index in [4.69, 9.17) is 5.73 Å². The third-order valence-corrected chi connectivity index (χ3v) is 2.58. The normalized spacial score (nSPS) is 10.2. The Morgan fingerprint density at radius 2 is 2.29 bits per heavy atom. The molecule has 0 radical (unpaired) electrons. The molecule has 2 rings (SSSR count). The van der Waals surface area contributed by atoms with Gasteiger partial charge in [-0.2, -0.15) is 5.10 Å². The zero-order chi connectivity index (χ0) is 12.4. The first kappa shape index (κ1) is 11.6. The summed E-state index contributed by atoms with van der Waals surface area (Å²) in [5, 5.41) is 8.45. The van der Waals surface area contributed by atoms with Crippen molar-refractivity contribution in [3.63, 3.8) is 0 Å². The maximum atomic E-state index is 13.4. The lowest BCUT2D eigenvalue weighted by molar-refractivity contribution is 0.102. The van der Waals surface area contributed by atoms with Gasteiger partial charge in [-0.1, -0.05) is 15.9 Å². The van der Waals surface area contributed by atoms with Gasteiger partial charge in [-0.05, 0) is 18.2 Å². The Morgan fingerprint density at radius 3 is 2.94 bits per heavy atom. The van der Waals surface area contributed by atoms with Crippen molar-refractivity contribution < 1.29 is 9.18 Å². The van der Waals surface area contributed by atoms with Crippen LogP contribution in [0.5, 0.6) is 0 Å². The molecule has 0 aliphatic carbocycles. The van der Waals surface area contributed by atoms with Crippen molar-refractivity contribution in [3.8, 4) is 0 Å². The summed E-state index contributed by atoms with van der Waals surface area (Å²) >= 11 is 3.19. The van der Waals surface area contributed by atoms with Crippen molar-refractivity contribution in [1.29, 1.82) is 0 Å². The number of aromatic nitrogens is 2. The topological polar surface area (TPSA) is 83.8 Å². The predicted molar refractivity (Wildman–Crippen MR) is 65.1 cm³/mol. The zero-order valence-electron chi connectivity index (χ0n) is 8.50. The van der Waals surface area contributed by atoms with Gasteiger partial charge in [0.1, 0.15) is 17.2 Å². The molecule has 1 heterocycles. The number of aromatic amines is 1. The molecule has 17 heavy (non-hydrogen) atoms. The molecule has 1 amide bonds. The highest BCUT2D eigenvalue weighted by Gasteiger charge is 2.13. The lowest BCUT2D eigenvalue weighted by atomic mass is 10.2. The van der Waals surface area contributed by atoms with Crippen molar-refractivity contribution in [2.24, 2.45) is 0 Å². The summed E-state index contributed by atoms with van der Waals surface area (Å²) in [6, 6.07) is 4.25. The Morgan fingerprint density at radius 1 is 1.53 bits per heavy atom. The van der Waals surface area contributed by atoms with E-state index in [1.54, 1.807) is 0 Å². The molecule has 2 aromatic rings. The van der Waals surface area contributed by atoms with Gasteiger partial charge in [0.05, 0.1) is 11.9 Å². The Kier molecular flexibility index (Phi) is 3.10. The Bertz CT molecular complexity index is 569. The number of carbonyl (C=O) groups is 1. The van der Waals surface area contributed by atoms with E-state index >= 15 is 0 Å². The minimum absolute atomic E-state index is 0.0741. The van der Waals surface area contributed by atoms with Crippen LogP contribution in [-0.4, -0.2) is 16.1 Å². The van der Waals surface area contributed by atoms with Gasteiger partial charge in [-0.25, -0.2) is 4.39 Å². The van der Waals surface area contributed by atoms with Gasteiger partial charge in [0.25, 0.3) is 5.91 Å². The fourth-order valence-corrected chi connectivity index (χ4v) is 1.62. The van der Waals surface area contributed by atoms with Crippen LogP contribution in [0.25, 0.3) is 0 Å². The van der Waals surface area contributed by atoms with E-state index in [0.29, 0.717) is 4.47 Å². The summed E-state index contributed by atoms with van der Waals surface area (Å²) in [6.45, 7) is 0. The fourth-order valence-electron chi connectivity index (χ4n) is 1.26. The number of hydrogen-bond donors (Lipinski definition) is 3. The minimum Gasteiger partial charge on any atom is -0.383 e. The molecule has 0 aliphatic heterocycles. The van der Waals surface area contributed by atoms with Crippen molar-refractivity contribution in [1.82, 2.24) is 10.2 Å². The fraction of sp³-hybridized carbons (Fsp3) is 0. The molecule has 0 fully saturated rings. The zero-order valence-corrected chi connectivity index (χ0v) is 10.1. The number of nitrogens with two attached hydrogens (primary N) is 1. The van der Waals surface area contributed by atoms with E-state index in [-0.39, 0.29) is 17.1 Å². The summed E-state index contributed by atoms with van der Waals surface area (Å²) in [7, 11) is 0. The molecule has 5 nitrogen and oxygen atoms in total. The van der Waals surface area contributed by atoms with Crippen molar-refractivity contribution >= 4 is 33.3 Å². The SMILES string of the molecule is Nc1[nH]ncc1C(=O)Nc1cc(Br)ccc1F. The molecule has 0 unspecified atom stereocenters. The first-order chi connectivity index (χ1) is 8.08. The smallest absolute Gasteiger partial charge is 0.261 e. The lowest BCUT2D eigenvalue weighted by Crippen LogP contribution is -2.14. The van der Waals surface area contributed by atoms with Crippen LogP contribution in [0.4, 0.5) is 15.9 Å². The van der Waals surface area contributed by atoms with Gasteiger partial charge in [0.15, 0.2) is 0 Å². The summed E-state index contributed by atoms with van der Waals surface area (Å²) in [5.74, 6) is -0.908. The summed E-state index contributed by atoms with van der Waals surface area (Å²) in [4.78, 5) is 11.7. The summed E-state index contributed by atoms with van der Waals surface area (Å²) in [6.07, 6.45) is 1.28. The predicted octanol–water partition coefficient (Wildman–Crippen LogP) is 2.15. The molecule has 0 atom stereocenters. The lowest BCUT2D eigenvalue weighted by Gasteiger charge is -2.05. The summed E-state index contributed by atoms with van der Waals surface area (Å²) < 4.78 is 14.0. The average molecular weight is 299 g/mol. The second-order valence-corrected chi connectivity index (χ2v) is 4.19. The largest absolute Gasteiger partial charge is 0.383 e. The Balaban J connectivity index is 2.24. The number of halogens is 2. The molecule has 0 aliphatic rings. The minimum atomic E-state index is -0.524. The number of anilines is 2. The first-order valence-electron chi connectivity index (χ1n) is 4.63. The number of nitrogens with zero attached hydrogens (tertiary/aromatic N) is 1. The third kappa shape index (κ3) is 2.44. The van der Waals surface area contributed by atoms with Crippen molar-refractivity contribution in [2.45, 2.75) is 0 Å². The van der Waals surface area contributed by atoms with E-state index in [2.05, 4.69) is 31.4 Å². The molecule has 0 saturated carbocycles. The van der Waals surface area contributed by atoms with Gasteiger partial charge in [0.2, 0.25) is 0 Å². The van der Waals surface area contributed by atoms with E-state index in [1.165, 1.54) is 24.4 Å². The Hall–Kier alpha value is -1.89.